The van der Waals surface area contributed by atoms with E-state index in [1.165, 1.54) is 11.3 Å². The van der Waals surface area contributed by atoms with Gasteiger partial charge in [0.1, 0.15) is 15.8 Å². The second kappa shape index (κ2) is 4.14. The minimum atomic E-state index is 0.740. The van der Waals surface area contributed by atoms with Crippen LogP contribution in [-0.2, 0) is 0 Å². The lowest BCUT2D eigenvalue weighted by Crippen LogP contribution is -1.91. The molecule has 4 heteroatoms. The summed E-state index contributed by atoms with van der Waals surface area (Å²) in [5, 5.41) is 1.71. The SMILES string of the molecule is COc1cc(C)c(-c2ncc(N)s2)c(C)c1. The standard InChI is InChI=1S/C12H14N2OS/c1-7-4-9(15-3)5-8(2)11(7)12-14-6-10(13)16-12/h4-6H,13H2,1-3H3. The monoisotopic (exact) mass is 234 g/mol. The molecule has 0 unspecified atom stereocenters. The Balaban J connectivity index is 2.57. The number of aromatic nitrogens is 1. The molecule has 1 heterocycles. The molecule has 0 fully saturated rings. The van der Waals surface area contributed by atoms with Gasteiger partial charge >= 0.3 is 0 Å². The highest BCUT2D eigenvalue weighted by Crippen LogP contribution is 2.34. The fourth-order valence-electron chi connectivity index (χ4n) is 1.78. The number of nitrogen functional groups attached to an aromatic ring is 1. The summed E-state index contributed by atoms with van der Waals surface area (Å²) in [5.41, 5.74) is 9.18. The lowest BCUT2D eigenvalue weighted by atomic mass is 10.0. The number of benzene rings is 1. The van der Waals surface area contributed by atoms with Crippen molar-refractivity contribution in [2.45, 2.75) is 13.8 Å². The number of thiazole rings is 1. The first-order chi connectivity index (χ1) is 7.61. The van der Waals surface area contributed by atoms with E-state index in [1.807, 2.05) is 12.1 Å². The predicted molar refractivity (Wildman–Crippen MR) is 68.0 cm³/mol. The van der Waals surface area contributed by atoms with Gasteiger partial charge in [-0.25, -0.2) is 4.98 Å². The number of hydrogen-bond donors (Lipinski definition) is 1. The summed E-state index contributed by atoms with van der Waals surface area (Å²) in [7, 11) is 1.68. The summed E-state index contributed by atoms with van der Waals surface area (Å²) in [6.45, 7) is 4.12. The lowest BCUT2D eigenvalue weighted by Gasteiger charge is -2.09. The van der Waals surface area contributed by atoms with Crippen LogP contribution in [0, 0.1) is 13.8 Å². The highest BCUT2D eigenvalue weighted by Gasteiger charge is 2.11. The van der Waals surface area contributed by atoms with Gasteiger partial charge in [-0.05, 0) is 37.1 Å². The Morgan fingerprint density at radius 2 is 1.88 bits per heavy atom. The number of nitrogens with two attached hydrogens (primary N) is 1. The van der Waals surface area contributed by atoms with Gasteiger partial charge in [-0.3, -0.25) is 0 Å². The topological polar surface area (TPSA) is 48.1 Å². The highest BCUT2D eigenvalue weighted by atomic mass is 32.1. The Bertz CT molecular complexity index is 496. The molecule has 2 N–H and O–H groups in total. The van der Waals surface area contributed by atoms with E-state index in [-0.39, 0.29) is 0 Å². The van der Waals surface area contributed by atoms with Gasteiger partial charge in [0.25, 0.3) is 0 Å². The molecular formula is C12H14N2OS. The Labute approximate surface area is 98.9 Å². The highest BCUT2D eigenvalue weighted by molar-refractivity contribution is 7.18. The predicted octanol–water partition coefficient (Wildman–Crippen LogP) is 3.02. The molecule has 16 heavy (non-hydrogen) atoms. The van der Waals surface area contributed by atoms with Crippen molar-refractivity contribution in [2.24, 2.45) is 0 Å². The average molecular weight is 234 g/mol. The van der Waals surface area contributed by atoms with Crippen molar-refractivity contribution < 1.29 is 4.74 Å². The van der Waals surface area contributed by atoms with Gasteiger partial charge < -0.3 is 10.5 Å². The van der Waals surface area contributed by atoms with Crippen LogP contribution in [0.5, 0.6) is 5.75 Å². The minimum absolute atomic E-state index is 0.740. The minimum Gasteiger partial charge on any atom is -0.497 e. The molecule has 2 rings (SSSR count). The molecule has 0 atom stereocenters. The quantitative estimate of drug-likeness (QED) is 0.869. The van der Waals surface area contributed by atoms with Gasteiger partial charge in [0.15, 0.2) is 0 Å². The molecule has 2 aromatic rings. The van der Waals surface area contributed by atoms with Crippen LogP contribution in [0.4, 0.5) is 5.00 Å². The largest absolute Gasteiger partial charge is 0.497 e. The molecule has 0 aliphatic rings. The summed E-state index contributed by atoms with van der Waals surface area (Å²) in [6.07, 6.45) is 1.70. The van der Waals surface area contributed by atoms with E-state index >= 15 is 0 Å². The Morgan fingerprint density at radius 3 is 2.31 bits per heavy atom. The van der Waals surface area contributed by atoms with E-state index < -0.39 is 0 Å². The second-order valence-electron chi connectivity index (χ2n) is 3.70. The molecule has 84 valence electrons. The van der Waals surface area contributed by atoms with Gasteiger partial charge in [0, 0.05) is 5.56 Å². The van der Waals surface area contributed by atoms with Gasteiger partial charge in [0.05, 0.1) is 13.3 Å². The molecule has 0 saturated heterocycles. The Kier molecular flexibility index (Phi) is 2.83. The van der Waals surface area contributed by atoms with Crippen molar-refractivity contribution in [1.82, 2.24) is 4.98 Å². The van der Waals surface area contributed by atoms with Gasteiger partial charge in [-0.2, -0.15) is 0 Å². The molecule has 0 aliphatic carbocycles. The third-order valence-corrected chi connectivity index (χ3v) is 3.32. The van der Waals surface area contributed by atoms with Crippen LogP contribution in [0.25, 0.3) is 10.6 Å². The zero-order chi connectivity index (χ0) is 11.7. The van der Waals surface area contributed by atoms with Crippen LogP contribution in [0.3, 0.4) is 0 Å². The molecule has 3 nitrogen and oxygen atoms in total. The van der Waals surface area contributed by atoms with Crippen molar-refractivity contribution >= 4 is 16.3 Å². The van der Waals surface area contributed by atoms with Crippen molar-refractivity contribution in [2.75, 3.05) is 12.8 Å². The molecule has 1 aromatic carbocycles. The molecule has 0 saturated carbocycles. The lowest BCUT2D eigenvalue weighted by molar-refractivity contribution is 0.414. The third-order valence-electron chi connectivity index (χ3n) is 2.48. The number of aryl methyl sites for hydroxylation is 2. The van der Waals surface area contributed by atoms with Crippen LogP contribution in [0.2, 0.25) is 0 Å². The third kappa shape index (κ3) is 1.88. The molecule has 1 aromatic heterocycles. The van der Waals surface area contributed by atoms with E-state index in [0.29, 0.717) is 0 Å². The summed E-state index contributed by atoms with van der Waals surface area (Å²) >= 11 is 1.51. The zero-order valence-electron chi connectivity index (χ0n) is 9.57. The Morgan fingerprint density at radius 1 is 1.25 bits per heavy atom. The average Bonchev–Trinajstić information content (AvgIpc) is 2.63. The number of methoxy groups -OCH3 is 1. The summed E-state index contributed by atoms with van der Waals surface area (Å²) in [5.74, 6) is 0.878. The van der Waals surface area contributed by atoms with E-state index in [1.54, 1.807) is 13.3 Å². The smallest absolute Gasteiger partial charge is 0.125 e. The molecular weight excluding hydrogens is 220 g/mol. The van der Waals surface area contributed by atoms with Crippen molar-refractivity contribution in [3.05, 3.63) is 29.5 Å². The van der Waals surface area contributed by atoms with E-state index in [0.717, 1.165) is 32.4 Å². The van der Waals surface area contributed by atoms with Crippen molar-refractivity contribution in [3.8, 4) is 16.3 Å². The number of rotatable bonds is 2. The van der Waals surface area contributed by atoms with Crippen LogP contribution in [0.1, 0.15) is 11.1 Å². The maximum absolute atomic E-state index is 5.70. The molecule has 0 radical (unpaired) electrons. The number of ether oxygens (including phenoxy) is 1. The first-order valence-corrected chi connectivity index (χ1v) is 5.80. The number of nitrogens with zero attached hydrogens (tertiary/aromatic N) is 1. The maximum atomic E-state index is 5.70. The van der Waals surface area contributed by atoms with E-state index in [2.05, 4.69) is 18.8 Å². The van der Waals surface area contributed by atoms with Gasteiger partial charge in [-0.15, -0.1) is 0 Å². The van der Waals surface area contributed by atoms with Crippen molar-refractivity contribution in [1.29, 1.82) is 0 Å². The summed E-state index contributed by atoms with van der Waals surface area (Å²) in [6, 6.07) is 4.03. The molecule has 0 bridgehead atoms. The first kappa shape index (κ1) is 11.0. The maximum Gasteiger partial charge on any atom is 0.125 e. The van der Waals surface area contributed by atoms with Gasteiger partial charge in [0.2, 0.25) is 0 Å². The zero-order valence-corrected chi connectivity index (χ0v) is 10.4. The first-order valence-electron chi connectivity index (χ1n) is 4.98. The Hall–Kier alpha value is -1.55. The fourth-order valence-corrected chi connectivity index (χ4v) is 2.64. The van der Waals surface area contributed by atoms with E-state index in [9.17, 15) is 0 Å². The fraction of sp³-hybridized carbons (Fsp3) is 0.250. The summed E-state index contributed by atoms with van der Waals surface area (Å²) < 4.78 is 5.23. The molecule has 0 amide bonds. The van der Waals surface area contributed by atoms with Crippen LogP contribution >= 0.6 is 11.3 Å². The molecule has 0 spiro atoms. The van der Waals surface area contributed by atoms with Crippen LogP contribution in [0.15, 0.2) is 18.3 Å². The van der Waals surface area contributed by atoms with Crippen LogP contribution in [-0.4, -0.2) is 12.1 Å². The van der Waals surface area contributed by atoms with Crippen LogP contribution < -0.4 is 10.5 Å². The van der Waals surface area contributed by atoms with E-state index in [4.69, 9.17) is 10.5 Å². The summed E-state index contributed by atoms with van der Waals surface area (Å²) in [4.78, 5) is 4.32. The van der Waals surface area contributed by atoms with Gasteiger partial charge in [-0.1, -0.05) is 11.3 Å². The second-order valence-corrected chi connectivity index (χ2v) is 4.77. The number of anilines is 1. The number of hydrogen-bond acceptors (Lipinski definition) is 4. The van der Waals surface area contributed by atoms with Crippen molar-refractivity contribution in [3.63, 3.8) is 0 Å². The normalized spacial score (nSPS) is 10.4. The molecule has 0 aliphatic heterocycles.